The predicted octanol–water partition coefficient (Wildman–Crippen LogP) is 1.09. The van der Waals surface area contributed by atoms with Crippen LogP contribution in [0.15, 0.2) is 29.2 Å². The highest BCUT2D eigenvalue weighted by atomic mass is 32.2. The molecule has 3 N–H and O–H groups in total. The van der Waals surface area contributed by atoms with Gasteiger partial charge in [-0.25, -0.2) is 12.7 Å². The van der Waals surface area contributed by atoms with Crippen LogP contribution in [0.25, 0.3) is 0 Å². The van der Waals surface area contributed by atoms with Gasteiger partial charge in [0, 0.05) is 26.7 Å². The van der Waals surface area contributed by atoms with Gasteiger partial charge in [-0.1, -0.05) is 12.1 Å². The van der Waals surface area contributed by atoms with Crippen LogP contribution in [0.4, 0.5) is 5.69 Å². The van der Waals surface area contributed by atoms with Crippen molar-refractivity contribution < 1.29 is 8.42 Å². The summed E-state index contributed by atoms with van der Waals surface area (Å²) in [4.78, 5) is 0.294. The lowest BCUT2D eigenvalue weighted by Gasteiger charge is -2.18. The molecule has 1 atom stereocenters. The van der Waals surface area contributed by atoms with Gasteiger partial charge in [0.25, 0.3) is 0 Å². The molecule has 5 nitrogen and oxygen atoms in total. The van der Waals surface area contributed by atoms with Gasteiger partial charge in [0.1, 0.15) is 4.90 Å². The van der Waals surface area contributed by atoms with Crippen molar-refractivity contribution in [3.8, 4) is 0 Å². The van der Waals surface area contributed by atoms with Crippen molar-refractivity contribution in [3.05, 3.63) is 24.3 Å². The SMILES string of the molecule is CN(C)S(=O)(=O)c1ccccc1NCC(N)C1CC1. The zero-order chi connectivity index (χ0) is 14.0. The molecule has 1 aromatic carbocycles. The highest BCUT2D eigenvalue weighted by Crippen LogP contribution is 2.32. The van der Waals surface area contributed by atoms with Crippen molar-refractivity contribution in [2.75, 3.05) is 26.0 Å². The standard InChI is InChI=1S/C13H21N3O2S/c1-16(2)19(17,18)13-6-4-3-5-12(13)15-9-11(14)10-7-8-10/h3-6,10-11,15H,7-9,14H2,1-2H3. The molecule has 1 aliphatic carbocycles. The van der Waals surface area contributed by atoms with Gasteiger partial charge in [-0.3, -0.25) is 0 Å². The Kier molecular flexibility index (Phi) is 4.13. The quantitative estimate of drug-likeness (QED) is 0.819. The van der Waals surface area contributed by atoms with Crippen LogP contribution in [0.5, 0.6) is 0 Å². The number of nitrogens with one attached hydrogen (secondary N) is 1. The minimum absolute atomic E-state index is 0.0927. The highest BCUT2D eigenvalue weighted by Gasteiger charge is 2.28. The fourth-order valence-corrected chi connectivity index (χ4v) is 3.02. The Balaban J connectivity index is 2.16. The molecule has 2 rings (SSSR count). The Labute approximate surface area is 114 Å². The number of nitrogens with zero attached hydrogens (tertiary/aromatic N) is 1. The maximum atomic E-state index is 12.2. The summed E-state index contributed by atoms with van der Waals surface area (Å²) >= 11 is 0. The third kappa shape index (κ3) is 3.26. The minimum Gasteiger partial charge on any atom is -0.382 e. The summed E-state index contributed by atoms with van der Waals surface area (Å²) in [5, 5.41) is 3.16. The highest BCUT2D eigenvalue weighted by molar-refractivity contribution is 7.89. The van der Waals surface area contributed by atoms with E-state index in [9.17, 15) is 8.42 Å². The minimum atomic E-state index is -3.43. The molecule has 0 heterocycles. The van der Waals surface area contributed by atoms with Gasteiger partial charge in [0.05, 0.1) is 5.69 Å². The molecule has 6 heteroatoms. The van der Waals surface area contributed by atoms with E-state index in [1.165, 1.54) is 31.2 Å². The molecule has 0 amide bonds. The lowest BCUT2D eigenvalue weighted by Crippen LogP contribution is -2.32. The number of sulfonamides is 1. The van der Waals surface area contributed by atoms with Crippen molar-refractivity contribution in [2.45, 2.75) is 23.8 Å². The largest absolute Gasteiger partial charge is 0.382 e. The van der Waals surface area contributed by atoms with Crippen LogP contribution in [0.2, 0.25) is 0 Å². The van der Waals surface area contributed by atoms with Crippen LogP contribution in [-0.4, -0.2) is 39.4 Å². The summed E-state index contributed by atoms with van der Waals surface area (Å²) in [5.74, 6) is 0.588. The van der Waals surface area contributed by atoms with Crippen molar-refractivity contribution in [3.63, 3.8) is 0 Å². The summed E-state index contributed by atoms with van der Waals surface area (Å²) in [6.45, 7) is 0.602. The maximum absolute atomic E-state index is 12.2. The third-order valence-electron chi connectivity index (χ3n) is 3.40. The van der Waals surface area contributed by atoms with Gasteiger partial charge >= 0.3 is 0 Å². The summed E-state index contributed by atoms with van der Waals surface area (Å²) in [6.07, 6.45) is 2.36. The van der Waals surface area contributed by atoms with Crippen molar-refractivity contribution >= 4 is 15.7 Å². The number of anilines is 1. The monoisotopic (exact) mass is 283 g/mol. The van der Waals surface area contributed by atoms with E-state index >= 15 is 0 Å². The second-order valence-corrected chi connectivity index (χ2v) is 7.29. The lowest BCUT2D eigenvalue weighted by atomic mass is 10.2. The fourth-order valence-electron chi connectivity index (χ4n) is 1.95. The molecule has 19 heavy (non-hydrogen) atoms. The average Bonchev–Trinajstić information content (AvgIpc) is 3.20. The molecule has 0 radical (unpaired) electrons. The van der Waals surface area contributed by atoms with Crippen LogP contribution in [0, 0.1) is 5.92 Å². The van der Waals surface area contributed by atoms with Gasteiger partial charge in [0.15, 0.2) is 0 Å². The molecule has 0 saturated heterocycles. The molecule has 0 bridgehead atoms. The van der Waals surface area contributed by atoms with Crippen LogP contribution >= 0.6 is 0 Å². The number of nitrogens with two attached hydrogens (primary N) is 1. The van der Waals surface area contributed by atoms with Gasteiger partial charge in [-0.2, -0.15) is 0 Å². The van der Waals surface area contributed by atoms with Crippen LogP contribution in [-0.2, 0) is 10.0 Å². The van der Waals surface area contributed by atoms with Crippen LogP contribution in [0.1, 0.15) is 12.8 Å². The van der Waals surface area contributed by atoms with Crippen LogP contribution in [0.3, 0.4) is 0 Å². The Bertz CT molecular complexity index is 539. The smallest absolute Gasteiger partial charge is 0.244 e. The second kappa shape index (κ2) is 5.48. The number of hydrogen-bond donors (Lipinski definition) is 2. The molecular formula is C13H21N3O2S. The fraction of sp³-hybridized carbons (Fsp3) is 0.538. The molecule has 1 aliphatic rings. The van der Waals surface area contributed by atoms with E-state index in [1.807, 2.05) is 6.07 Å². The first kappa shape index (κ1) is 14.3. The van der Waals surface area contributed by atoms with E-state index < -0.39 is 10.0 Å². The Morgan fingerprint density at radius 1 is 1.37 bits per heavy atom. The first-order valence-electron chi connectivity index (χ1n) is 6.44. The average molecular weight is 283 g/mol. The van der Waals surface area contributed by atoms with Gasteiger partial charge in [0.2, 0.25) is 10.0 Å². The third-order valence-corrected chi connectivity index (χ3v) is 5.27. The molecule has 0 aliphatic heterocycles. The first-order valence-corrected chi connectivity index (χ1v) is 7.88. The molecule has 1 unspecified atom stereocenters. The zero-order valence-corrected chi connectivity index (χ0v) is 12.2. The zero-order valence-electron chi connectivity index (χ0n) is 11.3. The molecule has 0 spiro atoms. The van der Waals surface area contributed by atoms with Gasteiger partial charge in [-0.15, -0.1) is 0 Å². The van der Waals surface area contributed by atoms with Gasteiger partial charge < -0.3 is 11.1 Å². The Hall–Kier alpha value is -1.11. The number of rotatable bonds is 6. The van der Waals surface area contributed by atoms with Crippen molar-refractivity contribution in [1.82, 2.24) is 4.31 Å². The van der Waals surface area contributed by atoms with E-state index in [0.29, 0.717) is 23.0 Å². The Morgan fingerprint density at radius 3 is 2.58 bits per heavy atom. The Morgan fingerprint density at radius 2 is 2.00 bits per heavy atom. The van der Waals surface area contributed by atoms with E-state index in [1.54, 1.807) is 18.2 Å². The maximum Gasteiger partial charge on any atom is 0.244 e. The molecule has 0 aromatic heterocycles. The second-order valence-electron chi connectivity index (χ2n) is 5.17. The summed E-state index contributed by atoms with van der Waals surface area (Å²) in [7, 11) is -0.370. The molecule has 106 valence electrons. The van der Waals surface area contributed by atoms with Gasteiger partial charge in [-0.05, 0) is 30.9 Å². The number of para-hydroxylation sites is 1. The summed E-state index contributed by atoms with van der Waals surface area (Å²) in [6, 6.07) is 7.02. The predicted molar refractivity (Wildman–Crippen MR) is 76.5 cm³/mol. The van der Waals surface area contributed by atoms with Crippen molar-refractivity contribution in [2.24, 2.45) is 11.7 Å². The normalized spacial score (nSPS) is 17.5. The van der Waals surface area contributed by atoms with E-state index in [2.05, 4.69) is 5.32 Å². The topological polar surface area (TPSA) is 75.4 Å². The van der Waals surface area contributed by atoms with E-state index in [0.717, 1.165) is 0 Å². The van der Waals surface area contributed by atoms with Crippen LogP contribution < -0.4 is 11.1 Å². The number of benzene rings is 1. The van der Waals surface area contributed by atoms with E-state index in [-0.39, 0.29) is 6.04 Å². The summed E-state index contributed by atoms with van der Waals surface area (Å²) < 4.78 is 25.6. The lowest BCUT2D eigenvalue weighted by molar-refractivity contribution is 0.521. The molecular weight excluding hydrogens is 262 g/mol. The first-order chi connectivity index (χ1) is 8.93. The van der Waals surface area contributed by atoms with E-state index in [4.69, 9.17) is 5.73 Å². The van der Waals surface area contributed by atoms with Crippen molar-refractivity contribution in [1.29, 1.82) is 0 Å². The molecule has 1 fully saturated rings. The summed E-state index contributed by atoms with van der Waals surface area (Å²) in [5.41, 5.74) is 6.64. The molecule has 1 saturated carbocycles. The molecule has 1 aromatic rings. The number of hydrogen-bond acceptors (Lipinski definition) is 4.